The fourth-order valence-corrected chi connectivity index (χ4v) is 3.47. The number of carbonyl (C=O) groups excluding carboxylic acids is 2. The van der Waals surface area contributed by atoms with Gasteiger partial charge < -0.3 is 14.7 Å². The number of carbonyl (C=O) groups is 2. The molecule has 2 aliphatic heterocycles. The molecule has 0 spiro atoms. The normalized spacial score (nSPS) is 18.9. The third-order valence-electron chi connectivity index (χ3n) is 4.93. The highest BCUT2D eigenvalue weighted by atomic mass is 19.1. The summed E-state index contributed by atoms with van der Waals surface area (Å²) in [6.07, 6.45) is 2.46. The Labute approximate surface area is 142 Å². The summed E-state index contributed by atoms with van der Waals surface area (Å²) in [4.78, 5) is 29.6. The molecule has 0 unspecified atom stereocenters. The van der Waals surface area contributed by atoms with Crippen molar-refractivity contribution in [3.63, 3.8) is 0 Å². The smallest absolute Gasteiger partial charge is 0.277 e. The molecule has 6 heteroatoms. The number of hydrogen-bond donors (Lipinski definition) is 1. The molecule has 0 bridgehead atoms. The van der Waals surface area contributed by atoms with E-state index in [4.69, 9.17) is 0 Å². The molecule has 0 atom stereocenters. The Morgan fingerprint density at radius 3 is 2.33 bits per heavy atom. The molecule has 2 fully saturated rings. The molecule has 0 aromatic heterocycles. The Bertz CT molecular complexity index is 594. The average Bonchev–Trinajstić information content (AvgIpc) is 3.10. The Kier molecular flexibility index (Phi) is 5.45. The Morgan fingerprint density at radius 2 is 1.67 bits per heavy atom. The summed E-state index contributed by atoms with van der Waals surface area (Å²) >= 11 is 0. The Balaban J connectivity index is 1.44. The van der Waals surface area contributed by atoms with Gasteiger partial charge in [0.15, 0.2) is 6.54 Å². The van der Waals surface area contributed by atoms with Crippen LogP contribution in [-0.4, -0.2) is 67.4 Å². The van der Waals surface area contributed by atoms with E-state index >= 15 is 0 Å². The zero-order valence-corrected chi connectivity index (χ0v) is 14.0. The first-order valence-electron chi connectivity index (χ1n) is 8.75. The molecule has 1 aromatic carbocycles. The molecule has 2 aliphatic rings. The highest BCUT2D eigenvalue weighted by Gasteiger charge is 2.27. The number of quaternary nitrogens is 1. The second-order valence-corrected chi connectivity index (χ2v) is 6.70. The number of amides is 2. The second-order valence-electron chi connectivity index (χ2n) is 6.70. The van der Waals surface area contributed by atoms with E-state index in [0.717, 1.165) is 39.0 Å². The lowest BCUT2D eigenvalue weighted by atomic mass is 10.1. The van der Waals surface area contributed by atoms with Gasteiger partial charge in [0.25, 0.3) is 5.91 Å². The molecule has 2 saturated heterocycles. The summed E-state index contributed by atoms with van der Waals surface area (Å²) in [7, 11) is 0. The fourth-order valence-electron chi connectivity index (χ4n) is 3.47. The van der Waals surface area contributed by atoms with E-state index in [1.807, 2.05) is 9.80 Å². The average molecular weight is 334 g/mol. The van der Waals surface area contributed by atoms with Crippen LogP contribution < -0.4 is 4.90 Å². The summed E-state index contributed by atoms with van der Waals surface area (Å²) in [5.41, 5.74) is 0.707. The van der Waals surface area contributed by atoms with E-state index in [1.165, 1.54) is 17.0 Å². The maximum Gasteiger partial charge on any atom is 0.277 e. The minimum absolute atomic E-state index is 0.0329. The number of piperazine rings is 1. The van der Waals surface area contributed by atoms with Gasteiger partial charge in [-0.05, 0) is 30.5 Å². The van der Waals surface area contributed by atoms with Crippen molar-refractivity contribution in [3.8, 4) is 0 Å². The third-order valence-corrected chi connectivity index (χ3v) is 4.93. The predicted molar refractivity (Wildman–Crippen MR) is 88.1 cm³/mol. The molecule has 2 amide bonds. The highest BCUT2D eigenvalue weighted by Crippen LogP contribution is 2.07. The van der Waals surface area contributed by atoms with E-state index in [-0.39, 0.29) is 24.1 Å². The van der Waals surface area contributed by atoms with Gasteiger partial charge in [-0.15, -0.1) is 0 Å². The topological polar surface area (TPSA) is 45.1 Å². The zero-order valence-electron chi connectivity index (χ0n) is 14.0. The molecule has 24 heavy (non-hydrogen) atoms. The molecule has 0 radical (unpaired) electrons. The van der Waals surface area contributed by atoms with Crippen molar-refractivity contribution in [2.24, 2.45) is 0 Å². The lowest BCUT2D eigenvalue weighted by molar-refractivity contribution is -0.896. The predicted octanol–water partition coefficient (Wildman–Crippen LogP) is -0.282. The maximum absolute atomic E-state index is 13.2. The second kappa shape index (κ2) is 7.75. The van der Waals surface area contributed by atoms with Gasteiger partial charge in [-0.2, -0.15) is 0 Å². The van der Waals surface area contributed by atoms with Crippen molar-refractivity contribution < 1.29 is 18.9 Å². The summed E-state index contributed by atoms with van der Waals surface area (Å²) in [5, 5.41) is 0. The first kappa shape index (κ1) is 16.9. The monoisotopic (exact) mass is 334 g/mol. The van der Waals surface area contributed by atoms with Crippen LogP contribution in [0, 0.1) is 5.82 Å². The van der Waals surface area contributed by atoms with Crippen molar-refractivity contribution in [1.82, 2.24) is 9.80 Å². The van der Waals surface area contributed by atoms with Gasteiger partial charge in [0.2, 0.25) is 5.91 Å². The van der Waals surface area contributed by atoms with E-state index in [0.29, 0.717) is 25.2 Å². The van der Waals surface area contributed by atoms with Crippen LogP contribution in [0.4, 0.5) is 4.39 Å². The Morgan fingerprint density at radius 1 is 1.00 bits per heavy atom. The number of rotatable bonds is 4. The summed E-state index contributed by atoms with van der Waals surface area (Å²) < 4.78 is 13.2. The van der Waals surface area contributed by atoms with Crippen LogP contribution >= 0.6 is 0 Å². The van der Waals surface area contributed by atoms with Crippen molar-refractivity contribution in [2.75, 3.05) is 45.8 Å². The SMILES string of the molecule is O=C(Cc1cccc(F)c1)N1CC[NH+](CC(=O)N2CCCC2)CC1. The number of halogens is 1. The van der Waals surface area contributed by atoms with Crippen LogP contribution in [0.3, 0.4) is 0 Å². The van der Waals surface area contributed by atoms with Crippen LogP contribution in [0.15, 0.2) is 24.3 Å². The first-order chi connectivity index (χ1) is 11.6. The van der Waals surface area contributed by atoms with Crippen LogP contribution in [-0.2, 0) is 16.0 Å². The van der Waals surface area contributed by atoms with Crippen LogP contribution in [0.2, 0.25) is 0 Å². The van der Waals surface area contributed by atoms with Gasteiger partial charge in [0.1, 0.15) is 5.82 Å². The van der Waals surface area contributed by atoms with Crippen molar-refractivity contribution >= 4 is 11.8 Å². The van der Waals surface area contributed by atoms with Crippen molar-refractivity contribution in [1.29, 1.82) is 0 Å². The summed E-state index contributed by atoms with van der Waals surface area (Å²) in [6.45, 7) is 5.25. The number of likely N-dealkylation sites (tertiary alicyclic amines) is 1. The number of hydrogen-bond acceptors (Lipinski definition) is 2. The van der Waals surface area contributed by atoms with Gasteiger partial charge in [0.05, 0.1) is 32.6 Å². The van der Waals surface area contributed by atoms with Crippen LogP contribution in [0.5, 0.6) is 0 Å². The standard InChI is InChI=1S/C18H24FN3O2/c19-16-5-3-4-15(12-16)13-17(23)22-10-8-20(9-11-22)14-18(24)21-6-1-2-7-21/h3-5,12H,1-2,6-11,13-14H2/p+1. The van der Waals surface area contributed by atoms with Gasteiger partial charge in [-0.3, -0.25) is 9.59 Å². The zero-order chi connectivity index (χ0) is 16.9. The maximum atomic E-state index is 13.2. The summed E-state index contributed by atoms with van der Waals surface area (Å²) in [5.74, 6) is -0.0393. The highest BCUT2D eigenvalue weighted by molar-refractivity contribution is 5.79. The molecular weight excluding hydrogens is 309 g/mol. The van der Waals surface area contributed by atoms with E-state index in [1.54, 1.807) is 12.1 Å². The van der Waals surface area contributed by atoms with E-state index < -0.39 is 0 Å². The largest absolute Gasteiger partial charge is 0.338 e. The van der Waals surface area contributed by atoms with Gasteiger partial charge in [0, 0.05) is 13.1 Å². The van der Waals surface area contributed by atoms with Gasteiger partial charge >= 0.3 is 0 Å². The van der Waals surface area contributed by atoms with Crippen LogP contribution in [0.25, 0.3) is 0 Å². The molecular formula is C18H25FN3O2+. The lowest BCUT2D eigenvalue weighted by Gasteiger charge is -2.32. The van der Waals surface area contributed by atoms with Gasteiger partial charge in [-0.1, -0.05) is 12.1 Å². The van der Waals surface area contributed by atoms with Crippen LogP contribution in [0.1, 0.15) is 18.4 Å². The Hall–Kier alpha value is -1.95. The third kappa shape index (κ3) is 4.32. The minimum atomic E-state index is -0.310. The number of nitrogens with zero attached hydrogens (tertiary/aromatic N) is 2. The quantitative estimate of drug-likeness (QED) is 0.823. The number of nitrogens with one attached hydrogen (secondary N) is 1. The lowest BCUT2D eigenvalue weighted by Crippen LogP contribution is -3.15. The molecule has 1 N–H and O–H groups in total. The molecule has 0 saturated carbocycles. The molecule has 3 rings (SSSR count). The molecule has 1 aromatic rings. The fraction of sp³-hybridized carbons (Fsp3) is 0.556. The van der Waals surface area contributed by atoms with E-state index in [2.05, 4.69) is 0 Å². The number of benzene rings is 1. The van der Waals surface area contributed by atoms with E-state index in [9.17, 15) is 14.0 Å². The molecule has 0 aliphatic carbocycles. The minimum Gasteiger partial charge on any atom is -0.338 e. The molecule has 2 heterocycles. The molecule has 130 valence electrons. The molecule has 5 nitrogen and oxygen atoms in total. The summed E-state index contributed by atoms with van der Waals surface area (Å²) in [6, 6.07) is 6.20. The van der Waals surface area contributed by atoms with Crippen molar-refractivity contribution in [3.05, 3.63) is 35.6 Å². The first-order valence-corrected chi connectivity index (χ1v) is 8.75. The van der Waals surface area contributed by atoms with Gasteiger partial charge in [-0.25, -0.2) is 4.39 Å². The van der Waals surface area contributed by atoms with Crippen molar-refractivity contribution in [2.45, 2.75) is 19.3 Å².